The molecule has 0 amide bonds. The highest BCUT2D eigenvalue weighted by Crippen LogP contribution is 2.47. The molecule has 0 saturated heterocycles. The summed E-state index contributed by atoms with van der Waals surface area (Å²) in [5, 5.41) is 32.7. The van der Waals surface area contributed by atoms with E-state index in [9.17, 15) is 20.1 Å². The Kier molecular flexibility index (Phi) is 5.72. The summed E-state index contributed by atoms with van der Waals surface area (Å²) < 4.78 is 12.3. The van der Waals surface area contributed by atoms with Crippen LogP contribution >= 0.6 is 0 Å². The first-order valence-corrected chi connectivity index (χ1v) is 11.3. The third-order valence-corrected chi connectivity index (χ3v) is 5.96. The van der Waals surface area contributed by atoms with Gasteiger partial charge >= 0.3 is 0 Å². The fourth-order valence-electron chi connectivity index (χ4n) is 4.17. The summed E-state index contributed by atoms with van der Waals surface area (Å²) >= 11 is 0. The molecule has 0 aliphatic carbocycles. The molecule has 4 rings (SSSR count). The van der Waals surface area contributed by atoms with Crippen molar-refractivity contribution in [2.24, 2.45) is 0 Å². The van der Waals surface area contributed by atoms with Crippen molar-refractivity contribution in [3.63, 3.8) is 0 Å². The standard InChI is InChI=1S/C28H30O6/c1-14(2)7-9-16-19(29)13-20(30)22-24(32)21-17-11-12-28(5,6)34-27(17)23(31)18(10-8-15(3)4)26(21)33-25(16)22/h7-8,11-13,29-31H,9-10H2,1-6H3. The molecule has 0 saturated carbocycles. The number of phenols is 3. The zero-order valence-corrected chi connectivity index (χ0v) is 20.4. The zero-order valence-electron chi connectivity index (χ0n) is 20.4. The second-order valence-electron chi connectivity index (χ2n) is 9.81. The average Bonchev–Trinajstić information content (AvgIpc) is 2.72. The SMILES string of the molecule is CC(C)=CCc1c(O)cc(O)c2c(=O)c3c4c(c(O)c(CC=C(C)C)c3oc12)OC(C)(C)C=C4. The Morgan fingerprint density at radius 1 is 0.912 bits per heavy atom. The van der Waals surface area contributed by atoms with Gasteiger partial charge < -0.3 is 24.5 Å². The molecule has 1 aromatic heterocycles. The van der Waals surface area contributed by atoms with Gasteiger partial charge in [0, 0.05) is 22.8 Å². The number of hydrogen-bond donors (Lipinski definition) is 3. The van der Waals surface area contributed by atoms with Crippen LogP contribution in [0, 0.1) is 0 Å². The molecule has 6 heteroatoms. The van der Waals surface area contributed by atoms with E-state index in [1.807, 2.05) is 59.8 Å². The molecule has 2 heterocycles. The van der Waals surface area contributed by atoms with Crippen molar-refractivity contribution in [3.05, 3.63) is 62.4 Å². The van der Waals surface area contributed by atoms with Crippen LogP contribution in [-0.4, -0.2) is 20.9 Å². The summed E-state index contributed by atoms with van der Waals surface area (Å²) in [5.74, 6) is -0.400. The van der Waals surface area contributed by atoms with E-state index < -0.39 is 11.0 Å². The van der Waals surface area contributed by atoms with Crippen LogP contribution in [0.4, 0.5) is 0 Å². The summed E-state index contributed by atoms with van der Waals surface area (Å²) in [4.78, 5) is 13.8. The molecular weight excluding hydrogens is 432 g/mol. The molecule has 0 radical (unpaired) electrons. The van der Waals surface area contributed by atoms with Gasteiger partial charge in [-0.25, -0.2) is 0 Å². The first-order valence-electron chi connectivity index (χ1n) is 11.3. The van der Waals surface area contributed by atoms with Crippen LogP contribution < -0.4 is 10.2 Å². The summed E-state index contributed by atoms with van der Waals surface area (Å²) in [6.45, 7) is 11.5. The van der Waals surface area contributed by atoms with Crippen molar-refractivity contribution >= 4 is 28.0 Å². The van der Waals surface area contributed by atoms with E-state index in [4.69, 9.17) is 9.15 Å². The molecule has 1 aliphatic rings. The van der Waals surface area contributed by atoms with Crippen molar-refractivity contribution in [2.45, 2.75) is 60.0 Å². The molecule has 1 aliphatic heterocycles. The van der Waals surface area contributed by atoms with Crippen LogP contribution in [0.5, 0.6) is 23.0 Å². The number of phenolic OH excluding ortho intramolecular Hbond substituents is 3. The molecule has 178 valence electrons. The number of rotatable bonds is 4. The summed E-state index contributed by atoms with van der Waals surface area (Å²) in [5.41, 5.74) is 2.47. The fraction of sp³-hybridized carbons (Fsp3) is 0.321. The number of hydrogen-bond acceptors (Lipinski definition) is 6. The average molecular weight is 463 g/mol. The van der Waals surface area contributed by atoms with Crippen molar-refractivity contribution in [3.8, 4) is 23.0 Å². The van der Waals surface area contributed by atoms with E-state index in [0.717, 1.165) is 11.1 Å². The lowest BCUT2D eigenvalue weighted by Crippen LogP contribution is -2.28. The van der Waals surface area contributed by atoms with Gasteiger partial charge in [-0.05, 0) is 60.5 Å². The molecule has 34 heavy (non-hydrogen) atoms. The quantitative estimate of drug-likeness (QED) is 0.312. The molecule has 3 aromatic rings. The highest BCUT2D eigenvalue weighted by Gasteiger charge is 2.31. The fourth-order valence-corrected chi connectivity index (χ4v) is 4.17. The van der Waals surface area contributed by atoms with E-state index in [-0.39, 0.29) is 44.9 Å². The lowest BCUT2D eigenvalue weighted by Gasteiger charge is -2.29. The Labute approximate surface area is 198 Å². The molecular formula is C28H30O6. The largest absolute Gasteiger partial charge is 0.507 e. The van der Waals surface area contributed by atoms with E-state index in [1.54, 1.807) is 6.08 Å². The molecule has 0 fully saturated rings. The maximum Gasteiger partial charge on any atom is 0.205 e. The summed E-state index contributed by atoms with van der Waals surface area (Å²) in [6.07, 6.45) is 8.02. The molecule has 6 nitrogen and oxygen atoms in total. The Hall–Kier alpha value is -3.67. The Balaban J connectivity index is 2.21. The molecule has 0 spiro atoms. The monoisotopic (exact) mass is 462 g/mol. The van der Waals surface area contributed by atoms with Crippen LogP contribution in [0.25, 0.3) is 28.0 Å². The maximum atomic E-state index is 13.8. The van der Waals surface area contributed by atoms with Crippen LogP contribution in [0.2, 0.25) is 0 Å². The first-order chi connectivity index (χ1) is 15.9. The molecule has 0 atom stereocenters. The van der Waals surface area contributed by atoms with Gasteiger partial charge in [-0.1, -0.05) is 29.4 Å². The third kappa shape index (κ3) is 3.94. The Morgan fingerprint density at radius 2 is 1.50 bits per heavy atom. The van der Waals surface area contributed by atoms with Crippen molar-refractivity contribution < 1.29 is 24.5 Å². The minimum Gasteiger partial charge on any atom is -0.507 e. The van der Waals surface area contributed by atoms with Crippen LogP contribution in [0.3, 0.4) is 0 Å². The van der Waals surface area contributed by atoms with Crippen LogP contribution in [-0.2, 0) is 12.8 Å². The Morgan fingerprint density at radius 3 is 2.12 bits per heavy atom. The summed E-state index contributed by atoms with van der Waals surface area (Å²) in [7, 11) is 0. The highest BCUT2D eigenvalue weighted by molar-refractivity contribution is 6.02. The van der Waals surface area contributed by atoms with E-state index in [0.29, 0.717) is 29.5 Å². The van der Waals surface area contributed by atoms with E-state index >= 15 is 0 Å². The van der Waals surface area contributed by atoms with Crippen LogP contribution in [0.1, 0.15) is 58.2 Å². The summed E-state index contributed by atoms with van der Waals surface area (Å²) in [6, 6.07) is 1.17. The van der Waals surface area contributed by atoms with Crippen molar-refractivity contribution in [1.29, 1.82) is 0 Å². The first kappa shape index (κ1) is 23.5. The number of benzene rings is 2. The predicted octanol–water partition coefficient (Wildman–Crippen LogP) is 6.26. The zero-order chi connectivity index (χ0) is 24.9. The van der Waals surface area contributed by atoms with Gasteiger partial charge in [0.15, 0.2) is 11.5 Å². The van der Waals surface area contributed by atoms with Crippen LogP contribution in [0.15, 0.2) is 44.7 Å². The number of allylic oxidation sites excluding steroid dienone is 4. The smallest absolute Gasteiger partial charge is 0.205 e. The Bertz CT molecular complexity index is 1470. The van der Waals surface area contributed by atoms with Crippen molar-refractivity contribution in [1.82, 2.24) is 0 Å². The molecule has 2 aromatic carbocycles. The third-order valence-electron chi connectivity index (χ3n) is 5.96. The predicted molar refractivity (Wildman–Crippen MR) is 135 cm³/mol. The minimum absolute atomic E-state index is 0.0123. The normalized spacial score (nSPS) is 14.1. The number of ether oxygens (including phenoxy) is 1. The number of aromatic hydroxyl groups is 3. The second-order valence-corrected chi connectivity index (χ2v) is 9.81. The number of fused-ring (bicyclic) bond motifs is 4. The van der Waals surface area contributed by atoms with Crippen molar-refractivity contribution in [2.75, 3.05) is 0 Å². The lowest BCUT2D eigenvalue weighted by atomic mass is 9.93. The van der Waals surface area contributed by atoms with E-state index in [1.165, 1.54) is 6.07 Å². The maximum absolute atomic E-state index is 13.8. The van der Waals surface area contributed by atoms with Gasteiger partial charge in [0.2, 0.25) is 5.43 Å². The van der Waals surface area contributed by atoms with Gasteiger partial charge in [-0.15, -0.1) is 0 Å². The minimum atomic E-state index is -0.672. The highest BCUT2D eigenvalue weighted by atomic mass is 16.5. The van der Waals surface area contributed by atoms with Gasteiger partial charge in [0.05, 0.1) is 5.39 Å². The van der Waals surface area contributed by atoms with Gasteiger partial charge in [-0.2, -0.15) is 0 Å². The van der Waals surface area contributed by atoms with E-state index in [2.05, 4.69) is 0 Å². The molecule has 3 N–H and O–H groups in total. The lowest BCUT2D eigenvalue weighted by molar-refractivity contribution is 0.153. The molecule has 0 bridgehead atoms. The van der Waals surface area contributed by atoms with Gasteiger partial charge in [0.25, 0.3) is 0 Å². The second kappa shape index (κ2) is 8.28. The van der Waals surface area contributed by atoms with Gasteiger partial charge in [-0.3, -0.25) is 4.79 Å². The topological polar surface area (TPSA) is 100 Å². The van der Waals surface area contributed by atoms with Gasteiger partial charge in [0.1, 0.15) is 33.7 Å². The molecule has 0 unspecified atom stereocenters.